The zero-order valence-corrected chi connectivity index (χ0v) is 16.4. The van der Waals surface area contributed by atoms with Gasteiger partial charge in [0.25, 0.3) is 5.91 Å². The van der Waals surface area contributed by atoms with Crippen LogP contribution in [0.1, 0.15) is 36.2 Å². The Morgan fingerprint density at radius 1 is 0.967 bits per heavy atom. The molecule has 0 aliphatic rings. The van der Waals surface area contributed by atoms with Gasteiger partial charge in [0.15, 0.2) is 5.78 Å². The van der Waals surface area contributed by atoms with Crippen LogP contribution in [0.15, 0.2) is 54.6 Å². The highest BCUT2D eigenvalue weighted by atomic mass is 19.4. The highest BCUT2D eigenvalue weighted by molar-refractivity contribution is 6.17. The second-order valence-electron chi connectivity index (χ2n) is 6.68. The molecule has 3 amide bonds. The number of anilines is 1. The molecule has 1 unspecified atom stereocenters. The van der Waals surface area contributed by atoms with Gasteiger partial charge in [-0.3, -0.25) is 9.59 Å². The van der Waals surface area contributed by atoms with Gasteiger partial charge in [-0.2, -0.15) is 13.2 Å². The van der Waals surface area contributed by atoms with E-state index in [0.717, 1.165) is 0 Å². The normalized spacial score (nSPS) is 13.3. The molecule has 9 heteroatoms. The van der Waals surface area contributed by atoms with Crippen LogP contribution in [0.4, 0.5) is 23.7 Å². The number of alkyl halides is 3. The van der Waals surface area contributed by atoms with Crippen LogP contribution in [-0.2, 0) is 4.79 Å². The van der Waals surface area contributed by atoms with E-state index in [2.05, 4.69) is 5.32 Å². The van der Waals surface area contributed by atoms with Gasteiger partial charge >= 0.3 is 12.2 Å². The summed E-state index contributed by atoms with van der Waals surface area (Å²) in [4.78, 5) is 37.6. The quantitative estimate of drug-likeness (QED) is 0.696. The van der Waals surface area contributed by atoms with Crippen molar-refractivity contribution in [2.24, 2.45) is 0 Å². The standard InChI is InChI=1S/C21H21F3N2O4/c1-3-13-25-19(29)26(18(28)20(2,30)21(22,23)24)16-11-9-15(10-12-16)17(27)14-7-5-4-6-8-14/h4-12,30H,3,13H2,1-2H3,(H,25,29). The van der Waals surface area contributed by atoms with Crippen molar-refractivity contribution in [2.75, 3.05) is 11.4 Å². The molecule has 0 radical (unpaired) electrons. The Bertz CT molecular complexity index is 910. The third-order valence-corrected chi connectivity index (χ3v) is 4.32. The Labute approximate surface area is 171 Å². The third kappa shape index (κ3) is 4.85. The first-order valence-corrected chi connectivity index (χ1v) is 9.12. The van der Waals surface area contributed by atoms with Gasteiger partial charge < -0.3 is 10.4 Å². The fourth-order valence-electron chi connectivity index (χ4n) is 2.49. The summed E-state index contributed by atoms with van der Waals surface area (Å²) in [6.07, 6.45) is -4.81. The van der Waals surface area contributed by atoms with Crippen molar-refractivity contribution in [1.29, 1.82) is 0 Å². The first-order chi connectivity index (χ1) is 14.0. The molecule has 0 heterocycles. The Morgan fingerprint density at radius 2 is 1.50 bits per heavy atom. The van der Waals surface area contributed by atoms with Crippen molar-refractivity contribution in [1.82, 2.24) is 5.32 Å². The molecule has 0 saturated carbocycles. The number of ketones is 1. The summed E-state index contributed by atoms with van der Waals surface area (Å²) in [7, 11) is 0. The summed E-state index contributed by atoms with van der Waals surface area (Å²) < 4.78 is 39.5. The minimum Gasteiger partial charge on any atom is -0.373 e. The number of amides is 3. The average molecular weight is 422 g/mol. The van der Waals surface area contributed by atoms with Crippen LogP contribution in [-0.4, -0.2) is 41.2 Å². The smallest absolute Gasteiger partial charge is 0.373 e. The molecule has 0 aliphatic carbocycles. The Kier molecular flexibility index (Phi) is 6.99. The summed E-state index contributed by atoms with van der Waals surface area (Å²) in [5.74, 6) is -2.19. The highest BCUT2D eigenvalue weighted by Gasteiger charge is 2.58. The number of halogens is 3. The molecule has 0 aliphatic heterocycles. The van der Waals surface area contributed by atoms with Gasteiger partial charge in [0.05, 0.1) is 5.69 Å². The summed E-state index contributed by atoms with van der Waals surface area (Å²) in [6, 6.07) is 12.1. The molecule has 2 N–H and O–H groups in total. The lowest BCUT2D eigenvalue weighted by Gasteiger charge is -2.31. The van der Waals surface area contributed by atoms with Crippen molar-refractivity contribution in [3.63, 3.8) is 0 Å². The minimum absolute atomic E-state index is 0.112. The molecule has 6 nitrogen and oxygen atoms in total. The zero-order chi connectivity index (χ0) is 22.5. The Hall–Kier alpha value is -3.20. The lowest BCUT2D eigenvalue weighted by molar-refractivity contribution is -0.243. The number of imide groups is 1. The average Bonchev–Trinajstić information content (AvgIpc) is 2.72. The van der Waals surface area contributed by atoms with Crippen LogP contribution in [0.5, 0.6) is 0 Å². The van der Waals surface area contributed by atoms with E-state index in [1.54, 1.807) is 37.3 Å². The van der Waals surface area contributed by atoms with E-state index in [1.165, 1.54) is 24.3 Å². The number of nitrogens with zero attached hydrogens (tertiary/aromatic N) is 1. The molecule has 30 heavy (non-hydrogen) atoms. The van der Waals surface area contributed by atoms with E-state index >= 15 is 0 Å². The third-order valence-electron chi connectivity index (χ3n) is 4.32. The van der Waals surface area contributed by atoms with Crippen LogP contribution < -0.4 is 10.2 Å². The minimum atomic E-state index is -5.30. The molecule has 0 aromatic heterocycles. The molecular formula is C21H21F3N2O4. The van der Waals surface area contributed by atoms with Gasteiger partial charge in [0, 0.05) is 17.7 Å². The molecule has 0 saturated heterocycles. The predicted octanol–water partition coefficient (Wildman–Crippen LogP) is 3.68. The molecule has 2 rings (SSSR count). The molecule has 2 aromatic carbocycles. The van der Waals surface area contributed by atoms with Gasteiger partial charge in [-0.25, -0.2) is 9.69 Å². The van der Waals surface area contributed by atoms with Crippen LogP contribution >= 0.6 is 0 Å². The van der Waals surface area contributed by atoms with E-state index in [1.807, 2.05) is 0 Å². The van der Waals surface area contributed by atoms with E-state index in [-0.39, 0.29) is 35.4 Å². The van der Waals surface area contributed by atoms with Gasteiger partial charge in [-0.05, 0) is 37.6 Å². The number of urea groups is 1. The van der Waals surface area contributed by atoms with E-state index in [4.69, 9.17) is 0 Å². The van der Waals surface area contributed by atoms with Crippen molar-refractivity contribution < 1.29 is 32.7 Å². The second kappa shape index (κ2) is 9.08. The maximum absolute atomic E-state index is 13.2. The number of nitrogens with one attached hydrogen (secondary N) is 1. The van der Waals surface area contributed by atoms with Crippen LogP contribution in [0.25, 0.3) is 0 Å². The fourth-order valence-corrected chi connectivity index (χ4v) is 2.49. The molecule has 160 valence electrons. The number of carbonyl (C=O) groups is 3. The Balaban J connectivity index is 2.40. The van der Waals surface area contributed by atoms with E-state index < -0.39 is 23.7 Å². The zero-order valence-electron chi connectivity index (χ0n) is 16.4. The van der Waals surface area contributed by atoms with Crippen molar-refractivity contribution in [3.05, 3.63) is 65.7 Å². The number of carbonyl (C=O) groups excluding carboxylic acids is 3. The van der Waals surface area contributed by atoms with Crippen LogP contribution in [0, 0.1) is 0 Å². The van der Waals surface area contributed by atoms with E-state index in [9.17, 15) is 32.7 Å². The SMILES string of the molecule is CCCNC(=O)N(C(=O)C(C)(O)C(F)(F)F)c1ccc(C(=O)c2ccccc2)cc1. The largest absolute Gasteiger partial charge is 0.426 e. The molecule has 2 aromatic rings. The molecule has 0 spiro atoms. The van der Waals surface area contributed by atoms with Crippen molar-refractivity contribution >= 4 is 23.4 Å². The monoisotopic (exact) mass is 422 g/mol. The van der Waals surface area contributed by atoms with Gasteiger partial charge in [0.1, 0.15) is 0 Å². The van der Waals surface area contributed by atoms with E-state index in [0.29, 0.717) is 12.0 Å². The number of benzene rings is 2. The second-order valence-corrected chi connectivity index (χ2v) is 6.68. The molecule has 0 fully saturated rings. The number of hydrogen-bond donors (Lipinski definition) is 2. The number of hydrogen-bond acceptors (Lipinski definition) is 4. The lowest BCUT2D eigenvalue weighted by atomic mass is 10.0. The summed E-state index contributed by atoms with van der Waals surface area (Å²) in [6.45, 7) is 2.12. The van der Waals surface area contributed by atoms with Crippen LogP contribution in [0.3, 0.4) is 0 Å². The van der Waals surface area contributed by atoms with Crippen molar-refractivity contribution in [2.45, 2.75) is 32.0 Å². The highest BCUT2D eigenvalue weighted by Crippen LogP contribution is 2.33. The molecule has 1 atom stereocenters. The summed E-state index contributed by atoms with van der Waals surface area (Å²) in [5.41, 5.74) is -3.38. The maximum Gasteiger partial charge on any atom is 0.426 e. The van der Waals surface area contributed by atoms with Crippen molar-refractivity contribution in [3.8, 4) is 0 Å². The number of rotatable bonds is 6. The lowest BCUT2D eigenvalue weighted by Crippen LogP contribution is -2.59. The predicted molar refractivity (Wildman–Crippen MR) is 104 cm³/mol. The topological polar surface area (TPSA) is 86.7 Å². The first-order valence-electron chi connectivity index (χ1n) is 9.12. The summed E-state index contributed by atoms with van der Waals surface area (Å²) in [5, 5.41) is 12.1. The molecular weight excluding hydrogens is 401 g/mol. The first kappa shape index (κ1) is 23.1. The fraction of sp³-hybridized carbons (Fsp3) is 0.286. The number of aliphatic hydroxyl groups is 1. The van der Waals surface area contributed by atoms with Crippen LogP contribution in [0.2, 0.25) is 0 Å². The van der Waals surface area contributed by atoms with Gasteiger partial charge in [0.2, 0.25) is 5.60 Å². The molecule has 0 bridgehead atoms. The summed E-state index contributed by atoms with van der Waals surface area (Å²) >= 11 is 0. The maximum atomic E-state index is 13.2. The Morgan fingerprint density at radius 3 is 2.00 bits per heavy atom. The van der Waals surface area contributed by atoms with Gasteiger partial charge in [-0.1, -0.05) is 37.3 Å². The van der Waals surface area contributed by atoms with Gasteiger partial charge in [-0.15, -0.1) is 0 Å².